The van der Waals surface area contributed by atoms with Crippen LogP contribution in [0.25, 0.3) is 0 Å². The van der Waals surface area contributed by atoms with Gasteiger partial charge < -0.3 is 20.7 Å². The second kappa shape index (κ2) is 13.7. The second-order valence-electron chi connectivity index (χ2n) is 7.26. The molecule has 2 heterocycles. The molecular weight excluding hydrogens is 525 g/mol. The van der Waals surface area contributed by atoms with Crippen LogP contribution in [-0.2, 0) is 22.6 Å². The summed E-state index contributed by atoms with van der Waals surface area (Å²) in [6.45, 7) is 7.56. The number of anilines is 1. The molecule has 0 saturated carbocycles. The molecule has 0 atom stereocenters. The first-order chi connectivity index (χ1) is 14.6. The van der Waals surface area contributed by atoms with E-state index in [-0.39, 0.29) is 29.9 Å². The standard InChI is InChI=1S/C22H31N5O2S.HI/c1-17-7-13-30-20(17)16-25-22(23-2)24-15-18-4-3-5-19(14-18)26-21(28)6-8-27-9-11-29-12-10-27;/h3-5,7,13-14H,6,8-12,15-16H2,1-2H3,(H,26,28)(H2,23,24,25);1H. The number of thiophene rings is 1. The summed E-state index contributed by atoms with van der Waals surface area (Å²) < 4.78 is 5.34. The predicted octanol–water partition coefficient (Wildman–Crippen LogP) is 3.20. The van der Waals surface area contributed by atoms with Crippen LogP contribution in [0.3, 0.4) is 0 Å². The third-order valence-corrected chi connectivity index (χ3v) is 6.06. The van der Waals surface area contributed by atoms with E-state index in [1.807, 2.05) is 24.3 Å². The molecule has 0 radical (unpaired) electrons. The maximum absolute atomic E-state index is 12.3. The van der Waals surface area contributed by atoms with E-state index < -0.39 is 0 Å². The van der Waals surface area contributed by atoms with Crippen molar-refractivity contribution in [1.82, 2.24) is 15.5 Å². The van der Waals surface area contributed by atoms with Crippen LogP contribution in [0.15, 0.2) is 40.7 Å². The van der Waals surface area contributed by atoms with E-state index in [1.54, 1.807) is 18.4 Å². The van der Waals surface area contributed by atoms with Gasteiger partial charge in [-0.1, -0.05) is 12.1 Å². The number of guanidine groups is 1. The number of nitrogens with zero attached hydrogens (tertiary/aromatic N) is 2. The number of hydrogen-bond donors (Lipinski definition) is 3. The fourth-order valence-electron chi connectivity index (χ4n) is 3.22. The summed E-state index contributed by atoms with van der Waals surface area (Å²) >= 11 is 1.74. The van der Waals surface area contributed by atoms with E-state index in [2.05, 4.69) is 44.2 Å². The Morgan fingerprint density at radius 2 is 1.97 bits per heavy atom. The van der Waals surface area contributed by atoms with Crippen LogP contribution in [0, 0.1) is 6.92 Å². The maximum Gasteiger partial charge on any atom is 0.225 e. The van der Waals surface area contributed by atoms with Gasteiger partial charge >= 0.3 is 0 Å². The van der Waals surface area contributed by atoms with Gasteiger partial charge in [-0.05, 0) is 41.6 Å². The van der Waals surface area contributed by atoms with E-state index in [0.29, 0.717) is 13.0 Å². The molecule has 1 aliphatic rings. The quantitative estimate of drug-likeness (QED) is 0.264. The minimum absolute atomic E-state index is 0. The molecular formula is C22H32IN5O2S. The topological polar surface area (TPSA) is 78.0 Å². The molecule has 3 rings (SSSR count). The number of amides is 1. The van der Waals surface area contributed by atoms with Gasteiger partial charge in [0.05, 0.1) is 19.8 Å². The minimum atomic E-state index is 0. The van der Waals surface area contributed by atoms with E-state index >= 15 is 0 Å². The average Bonchev–Trinajstić information content (AvgIpc) is 3.18. The highest BCUT2D eigenvalue weighted by atomic mass is 127. The number of carbonyl (C=O) groups is 1. The van der Waals surface area contributed by atoms with Crippen molar-refractivity contribution in [3.63, 3.8) is 0 Å². The lowest BCUT2D eigenvalue weighted by molar-refractivity contribution is -0.116. The average molecular weight is 558 g/mol. The smallest absolute Gasteiger partial charge is 0.225 e. The number of hydrogen-bond acceptors (Lipinski definition) is 5. The molecule has 0 bridgehead atoms. The van der Waals surface area contributed by atoms with Crippen LogP contribution >= 0.6 is 35.3 Å². The van der Waals surface area contributed by atoms with Crippen molar-refractivity contribution in [1.29, 1.82) is 0 Å². The Hall–Kier alpha value is -1.69. The highest BCUT2D eigenvalue weighted by Gasteiger charge is 2.12. The fourth-order valence-corrected chi connectivity index (χ4v) is 4.07. The van der Waals surface area contributed by atoms with Gasteiger partial charge in [-0.3, -0.25) is 14.7 Å². The molecule has 0 spiro atoms. The molecule has 31 heavy (non-hydrogen) atoms. The van der Waals surface area contributed by atoms with Gasteiger partial charge in [-0.2, -0.15) is 0 Å². The highest BCUT2D eigenvalue weighted by Crippen LogP contribution is 2.15. The SMILES string of the molecule is CN=C(NCc1cccc(NC(=O)CCN2CCOCC2)c1)NCc1sccc1C.I. The van der Waals surface area contributed by atoms with Crippen LogP contribution in [0.2, 0.25) is 0 Å². The highest BCUT2D eigenvalue weighted by molar-refractivity contribution is 14.0. The van der Waals surface area contributed by atoms with E-state index in [4.69, 9.17) is 4.74 Å². The van der Waals surface area contributed by atoms with Gasteiger partial charge in [0.15, 0.2) is 5.96 Å². The number of rotatable bonds is 8. The first-order valence-corrected chi connectivity index (χ1v) is 11.2. The number of aliphatic imine (C=N–C) groups is 1. The van der Waals surface area contributed by atoms with Crippen molar-refractivity contribution >= 4 is 52.9 Å². The Bertz CT molecular complexity index is 852. The summed E-state index contributed by atoms with van der Waals surface area (Å²) in [5.41, 5.74) is 3.19. The normalized spacial score (nSPS) is 14.6. The van der Waals surface area contributed by atoms with Gasteiger partial charge in [-0.15, -0.1) is 35.3 Å². The van der Waals surface area contributed by atoms with E-state index in [0.717, 1.165) is 56.6 Å². The van der Waals surface area contributed by atoms with Crippen molar-refractivity contribution in [3.8, 4) is 0 Å². The number of benzene rings is 1. The van der Waals surface area contributed by atoms with Gasteiger partial charge in [0, 0.05) is 50.2 Å². The Morgan fingerprint density at radius 1 is 1.19 bits per heavy atom. The van der Waals surface area contributed by atoms with E-state index in [9.17, 15) is 4.79 Å². The van der Waals surface area contributed by atoms with Crippen LogP contribution in [0.1, 0.15) is 22.4 Å². The molecule has 3 N–H and O–H groups in total. The second-order valence-corrected chi connectivity index (χ2v) is 8.26. The Balaban J connectivity index is 0.00000341. The zero-order chi connectivity index (χ0) is 21.2. The Kier molecular flexibility index (Phi) is 11.3. The molecule has 1 amide bonds. The first kappa shape index (κ1) is 25.6. The van der Waals surface area contributed by atoms with Crippen molar-refractivity contribution in [2.24, 2.45) is 4.99 Å². The zero-order valence-corrected chi connectivity index (χ0v) is 21.3. The van der Waals surface area contributed by atoms with E-state index in [1.165, 1.54) is 10.4 Å². The summed E-state index contributed by atoms with van der Waals surface area (Å²) in [7, 11) is 1.77. The molecule has 2 aromatic rings. The predicted molar refractivity (Wildman–Crippen MR) is 138 cm³/mol. The number of ether oxygens (including phenoxy) is 1. The van der Waals surface area contributed by atoms with Gasteiger partial charge in [0.25, 0.3) is 0 Å². The fraction of sp³-hybridized carbons (Fsp3) is 0.455. The molecule has 7 nitrogen and oxygen atoms in total. The van der Waals surface area contributed by atoms with Crippen molar-refractivity contribution < 1.29 is 9.53 Å². The van der Waals surface area contributed by atoms with Crippen molar-refractivity contribution in [2.45, 2.75) is 26.4 Å². The number of halogens is 1. The number of morpholine rings is 1. The zero-order valence-electron chi connectivity index (χ0n) is 18.1. The Labute approximate surface area is 205 Å². The van der Waals surface area contributed by atoms with Crippen LogP contribution < -0.4 is 16.0 Å². The molecule has 0 aliphatic carbocycles. The van der Waals surface area contributed by atoms with Crippen LogP contribution in [0.4, 0.5) is 5.69 Å². The molecule has 1 fully saturated rings. The van der Waals surface area contributed by atoms with Gasteiger partial charge in [0.2, 0.25) is 5.91 Å². The largest absolute Gasteiger partial charge is 0.379 e. The molecule has 9 heteroatoms. The third-order valence-electron chi connectivity index (χ3n) is 5.04. The summed E-state index contributed by atoms with van der Waals surface area (Å²) in [6.07, 6.45) is 0.487. The molecule has 1 saturated heterocycles. The number of nitrogens with one attached hydrogen (secondary N) is 3. The van der Waals surface area contributed by atoms with Crippen molar-refractivity contribution in [2.75, 3.05) is 45.2 Å². The van der Waals surface area contributed by atoms with Crippen LogP contribution in [0.5, 0.6) is 0 Å². The van der Waals surface area contributed by atoms with Gasteiger partial charge in [-0.25, -0.2) is 0 Å². The summed E-state index contributed by atoms with van der Waals surface area (Å²) in [5.74, 6) is 0.790. The lowest BCUT2D eigenvalue weighted by Gasteiger charge is -2.26. The molecule has 1 aromatic carbocycles. The Morgan fingerprint density at radius 3 is 2.68 bits per heavy atom. The molecule has 1 aromatic heterocycles. The summed E-state index contributed by atoms with van der Waals surface area (Å²) in [4.78, 5) is 20.1. The number of carbonyl (C=O) groups excluding carboxylic acids is 1. The molecule has 0 unspecified atom stereocenters. The lowest BCUT2D eigenvalue weighted by Crippen LogP contribution is -2.38. The number of aryl methyl sites for hydroxylation is 1. The monoisotopic (exact) mass is 557 g/mol. The van der Waals surface area contributed by atoms with Crippen molar-refractivity contribution in [3.05, 3.63) is 51.7 Å². The lowest BCUT2D eigenvalue weighted by atomic mass is 10.2. The summed E-state index contributed by atoms with van der Waals surface area (Å²) in [5, 5.41) is 11.8. The minimum Gasteiger partial charge on any atom is -0.379 e. The van der Waals surface area contributed by atoms with Crippen LogP contribution in [-0.4, -0.2) is 56.7 Å². The first-order valence-electron chi connectivity index (χ1n) is 10.3. The summed E-state index contributed by atoms with van der Waals surface area (Å²) in [6, 6.07) is 10.0. The molecule has 170 valence electrons. The maximum atomic E-state index is 12.3. The molecule has 1 aliphatic heterocycles. The third kappa shape index (κ3) is 8.76. The van der Waals surface area contributed by atoms with Gasteiger partial charge in [0.1, 0.15) is 0 Å².